The Kier molecular flexibility index (Phi) is 3.29. The maximum Gasteiger partial charge on any atom is 0.221 e. The molecule has 96 valence electrons. The Labute approximate surface area is 110 Å². The van der Waals surface area contributed by atoms with Gasteiger partial charge in [0.25, 0.3) is 0 Å². The smallest absolute Gasteiger partial charge is 0.221 e. The molecule has 3 heterocycles. The van der Waals surface area contributed by atoms with Gasteiger partial charge in [-0.3, -0.25) is 0 Å². The van der Waals surface area contributed by atoms with Crippen LogP contribution in [0.15, 0.2) is 16.8 Å². The molecule has 1 aliphatic rings. The number of thiophene rings is 1. The number of rotatable bonds is 4. The average Bonchev–Trinajstić information content (AvgIpc) is 3.04. The summed E-state index contributed by atoms with van der Waals surface area (Å²) in [7, 11) is 0. The van der Waals surface area contributed by atoms with Gasteiger partial charge in [-0.15, -0.1) is 0 Å². The molecule has 0 spiro atoms. The van der Waals surface area contributed by atoms with Crippen LogP contribution in [0.25, 0.3) is 0 Å². The van der Waals surface area contributed by atoms with Crippen LogP contribution >= 0.6 is 11.3 Å². The Hall–Kier alpha value is -1.40. The van der Waals surface area contributed by atoms with Crippen LogP contribution in [-0.2, 0) is 6.42 Å². The lowest BCUT2D eigenvalue weighted by Crippen LogP contribution is -2.24. The zero-order valence-corrected chi connectivity index (χ0v) is 11.0. The maximum absolute atomic E-state index is 5.53. The molecule has 0 aliphatic carbocycles. The molecular formula is C12H17N5S. The van der Waals surface area contributed by atoms with Gasteiger partial charge in [-0.25, -0.2) is 4.68 Å². The van der Waals surface area contributed by atoms with Gasteiger partial charge in [0.1, 0.15) is 0 Å². The third-order valence-electron chi connectivity index (χ3n) is 3.20. The highest BCUT2D eigenvalue weighted by atomic mass is 32.1. The summed E-state index contributed by atoms with van der Waals surface area (Å²) in [6.07, 6.45) is 2.85. The molecule has 2 aromatic heterocycles. The molecule has 0 amide bonds. The summed E-state index contributed by atoms with van der Waals surface area (Å²) in [5.41, 5.74) is 6.86. The van der Waals surface area contributed by atoms with Crippen molar-refractivity contribution < 1.29 is 0 Å². The quantitative estimate of drug-likeness (QED) is 0.880. The molecule has 0 saturated carbocycles. The monoisotopic (exact) mass is 263 g/mol. The molecule has 0 radical (unpaired) electrons. The molecule has 6 heteroatoms. The normalized spacial score (nSPS) is 18.4. The number of hydrogen-bond acceptors (Lipinski definition) is 5. The number of hydrogen-bond donors (Lipinski definition) is 2. The van der Waals surface area contributed by atoms with E-state index >= 15 is 0 Å². The average molecular weight is 263 g/mol. The Morgan fingerprint density at radius 3 is 3.28 bits per heavy atom. The van der Waals surface area contributed by atoms with Crippen molar-refractivity contribution in [2.45, 2.75) is 25.3 Å². The fraction of sp³-hybridized carbons (Fsp3) is 0.500. The van der Waals surface area contributed by atoms with Crippen LogP contribution in [0.4, 0.5) is 5.95 Å². The van der Waals surface area contributed by atoms with Crippen LogP contribution < -0.4 is 11.1 Å². The van der Waals surface area contributed by atoms with Crippen LogP contribution in [0.5, 0.6) is 0 Å². The number of nitrogens with two attached hydrogens (primary N) is 1. The first-order chi connectivity index (χ1) is 8.88. The summed E-state index contributed by atoms with van der Waals surface area (Å²) in [5.74, 6) is 1.79. The van der Waals surface area contributed by atoms with E-state index in [4.69, 9.17) is 5.73 Å². The van der Waals surface area contributed by atoms with Gasteiger partial charge in [0.2, 0.25) is 5.95 Å². The van der Waals surface area contributed by atoms with E-state index in [1.165, 1.54) is 5.56 Å². The molecule has 3 N–H and O–H groups in total. The van der Waals surface area contributed by atoms with Crippen molar-refractivity contribution in [2.75, 3.05) is 18.4 Å². The van der Waals surface area contributed by atoms with E-state index in [0.29, 0.717) is 12.6 Å². The molecule has 3 rings (SSSR count). The van der Waals surface area contributed by atoms with Crippen molar-refractivity contribution in [1.82, 2.24) is 14.8 Å². The van der Waals surface area contributed by atoms with Crippen molar-refractivity contribution >= 4 is 17.3 Å². The summed E-state index contributed by atoms with van der Waals surface area (Å²) >= 11 is 1.73. The van der Waals surface area contributed by atoms with E-state index in [-0.39, 0.29) is 0 Å². The highest BCUT2D eigenvalue weighted by molar-refractivity contribution is 7.07. The van der Waals surface area contributed by atoms with E-state index in [2.05, 4.69) is 32.2 Å². The zero-order chi connectivity index (χ0) is 12.4. The van der Waals surface area contributed by atoms with Crippen LogP contribution in [-0.4, -0.2) is 27.9 Å². The van der Waals surface area contributed by atoms with Crippen molar-refractivity contribution in [3.8, 4) is 0 Å². The van der Waals surface area contributed by atoms with E-state index in [1.807, 2.05) is 4.68 Å². The molecule has 0 aromatic carbocycles. The van der Waals surface area contributed by atoms with Crippen molar-refractivity contribution in [1.29, 1.82) is 0 Å². The lowest BCUT2D eigenvalue weighted by atomic mass is 10.1. The Balaban J connectivity index is 1.88. The van der Waals surface area contributed by atoms with Gasteiger partial charge >= 0.3 is 0 Å². The van der Waals surface area contributed by atoms with E-state index in [9.17, 15) is 0 Å². The molecule has 0 bridgehead atoms. The highest BCUT2D eigenvalue weighted by Gasteiger charge is 2.24. The van der Waals surface area contributed by atoms with Crippen molar-refractivity contribution in [3.63, 3.8) is 0 Å². The maximum atomic E-state index is 5.53. The first-order valence-corrected chi connectivity index (χ1v) is 7.24. The second kappa shape index (κ2) is 5.07. The van der Waals surface area contributed by atoms with Crippen molar-refractivity contribution in [2.24, 2.45) is 5.73 Å². The van der Waals surface area contributed by atoms with E-state index < -0.39 is 0 Å². The molecule has 1 unspecified atom stereocenters. The third-order valence-corrected chi connectivity index (χ3v) is 3.91. The topological polar surface area (TPSA) is 68.8 Å². The summed E-state index contributed by atoms with van der Waals surface area (Å²) in [4.78, 5) is 4.54. The minimum atomic E-state index is 0.326. The van der Waals surface area contributed by atoms with Gasteiger partial charge in [-0.2, -0.15) is 21.4 Å². The second-order valence-corrected chi connectivity index (χ2v) is 5.26. The van der Waals surface area contributed by atoms with Gasteiger partial charge in [0.05, 0.1) is 6.04 Å². The highest BCUT2D eigenvalue weighted by Crippen LogP contribution is 2.29. The van der Waals surface area contributed by atoms with Crippen LogP contribution in [0.2, 0.25) is 0 Å². The molecule has 2 aromatic rings. The van der Waals surface area contributed by atoms with Gasteiger partial charge in [0.15, 0.2) is 5.82 Å². The molecule has 18 heavy (non-hydrogen) atoms. The number of nitrogens with one attached hydrogen (secondary N) is 1. The summed E-state index contributed by atoms with van der Waals surface area (Å²) < 4.78 is 2.03. The fourth-order valence-corrected chi connectivity index (χ4v) is 2.99. The Morgan fingerprint density at radius 1 is 1.56 bits per heavy atom. The molecule has 0 saturated heterocycles. The van der Waals surface area contributed by atoms with Gasteiger partial charge in [0, 0.05) is 13.0 Å². The Morgan fingerprint density at radius 2 is 2.50 bits per heavy atom. The first-order valence-electron chi connectivity index (χ1n) is 6.30. The molecule has 0 fully saturated rings. The number of aromatic nitrogens is 3. The molecule has 5 nitrogen and oxygen atoms in total. The third kappa shape index (κ3) is 2.13. The second-order valence-electron chi connectivity index (χ2n) is 4.48. The summed E-state index contributed by atoms with van der Waals surface area (Å²) in [6, 6.07) is 2.50. The molecule has 1 aliphatic heterocycles. The predicted octanol–water partition coefficient (Wildman–Crippen LogP) is 1.64. The van der Waals surface area contributed by atoms with E-state index in [1.54, 1.807) is 11.3 Å². The van der Waals surface area contributed by atoms with Crippen molar-refractivity contribution in [3.05, 3.63) is 28.2 Å². The summed E-state index contributed by atoms with van der Waals surface area (Å²) in [6.45, 7) is 1.64. The number of anilines is 1. The molecule has 1 atom stereocenters. The summed E-state index contributed by atoms with van der Waals surface area (Å²) in [5, 5.41) is 12.2. The lowest BCUT2D eigenvalue weighted by Gasteiger charge is -2.23. The minimum Gasteiger partial charge on any atom is -0.354 e. The number of fused-ring (bicyclic) bond motifs is 1. The first kappa shape index (κ1) is 11.7. The van der Waals surface area contributed by atoms with Gasteiger partial charge in [-0.05, 0) is 41.8 Å². The molecular weight excluding hydrogens is 246 g/mol. The SMILES string of the molecule is NCCCc1nc2n(n1)C(c1ccsc1)CCN2. The van der Waals surface area contributed by atoms with Crippen LogP contribution in [0.3, 0.4) is 0 Å². The Bertz CT molecular complexity index is 505. The number of nitrogens with zero attached hydrogens (tertiary/aromatic N) is 3. The fourth-order valence-electron chi connectivity index (χ4n) is 2.29. The minimum absolute atomic E-state index is 0.326. The van der Waals surface area contributed by atoms with E-state index in [0.717, 1.165) is 37.6 Å². The lowest BCUT2D eigenvalue weighted by molar-refractivity contribution is 0.477. The zero-order valence-electron chi connectivity index (χ0n) is 10.2. The standard InChI is InChI=1S/C12H17N5S/c13-5-1-2-11-15-12-14-6-3-10(17(12)16-11)9-4-7-18-8-9/h4,7-8,10H,1-3,5-6,13H2,(H,14,15,16). The van der Waals surface area contributed by atoms with Crippen LogP contribution in [0, 0.1) is 0 Å². The van der Waals surface area contributed by atoms with Crippen LogP contribution in [0.1, 0.15) is 30.3 Å². The van der Waals surface area contributed by atoms with Gasteiger partial charge < -0.3 is 11.1 Å². The predicted molar refractivity (Wildman–Crippen MR) is 73.0 cm³/mol. The van der Waals surface area contributed by atoms with Gasteiger partial charge in [-0.1, -0.05) is 0 Å². The largest absolute Gasteiger partial charge is 0.354 e. The number of aryl methyl sites for hydroxylation is 1.